The lowest BCUT2D eigenvalue weighted by Gasteiger charge is -2.15. The monoisotopic (exact) mass is 437 g/mol. The first-order chi connectivity index (χ1) is 13.3. The summed E-state index contributed by atoms with van der Waals surface area (Å²) in [4.78, 5) is 28.8. The maximum Gasteiger partial charge on any atom is 0.251 e. The second-order valence-electron chi connectivity index (χ2n) is 6.79. The predicted octanol–water partition coefficient (Wildman–Crippen LogP) is 5.07. The number of halogens is 1. The predicted molar refractivity (Wildman–Crippen MR) is 113 cm³/mol. The third kappa shape index (κ3) is 3.85. The molecule has 0 saturated carbocycles. The lowest BCUT2D eigenvalue weighted by molar-refractivity contribution is 0.0932. The molecule has 0 spiro atoms. The van der Waals surface area contributed by atoms with Crippen molar-refractivity contribution in [1.29, 1.82) is 0 Å². The molecule has 5 nitrogen and oxygen atoms in total. The van der Waals surface area contributed by atoms with Gasteiger partial charge in [-0.3, -0.25) is 9.59 Å². The number of ketones is 1. The first kappa shape index (κ1) is 19.8. The molecule has 0 bridgehead atoms. The number of carbonyl (C=O) groups is 1. The van der Waals surface area contributed by atoms with Gasteiger partial charge in [0.15, 0.2) is 11.5 Å². The molecule has 0 N–H and O–H groups in total. The topological polar surface area (TPSA) is 48.4 Å². The van der Waals surface area contributed by atoms with E-state index in [9.17, 15) is 9.59 Å². The van der Waals surface area contributed by atoms with E-state index in [1.807, 2.05) is 38.1 Å². The van der Waals surface area contributed by atoms with Crippen molar-refractivity contribution >= 4 is 27.4 Å². The van der Waals surface area contributed by atoms with Crippen LogP contribution in [0.15, 0.2) is 57.9 Å². The van der Waals surface area contributed by atoms with Crippen LogP contribution in [-0.4, -0.2) is 14.9 Å². The number of hydrogen-bond acceptors (Lipinski definition) is 2. The summed E-state index contributed by atoms with van der Waals surface area (Å²) in [6, 6.07) is 11.8. The molecule has 2 aromatic heterocycles. The zero-order valence-electron chi connectivity index (χ0n) is 15.9. The van der Waals surface area contributed by atoms with E-state index in [2.05, 4.69) is 25.3 Å². The van der Waals surface area contributed by atoms with Crippen molar-refractivity contribution in [1.82, 2.24) is 9.13 Å². The highest BCUT2D eigenvalue weighted by Gasteiger charge is 2.23. The number of aromatic nitrogens is 2. The fraction of sp³-hybridized carbons (Fsp3) is 0.227. The highest BCUT2D eigenvalue weighted by molar-refractivity contribution is 9.10. The molecule has 0 fully saturated rings. The Morgan fingerprint density at radius 2 is 1.96 bits per heavy atom. The smallest absolute Gasteiger partial charge is 0.251 e. The van der Waals surface area contributed by atoms with Crippen LogP contribution >= 0.6 is 15.9 Å². The maximum absolute atomic E-state index is 13.1. The molecule has 0 aliphatic heterocycles. The first-order valence-electron chi connectivity index (χ1n) is 8.87. The summed E-state index contributed by atoms with van der Waals surface area (Å²) in [7, 11) is 0. The van der Waals surface area contributed by atoms with Gasteiger partial charge in [0.25, 0.3) is 5.56 Å². The lowest BCUT2D eigenvalue weighted by Crippen LogP contribution is -2.27. The van der Waals surface area contributed by atoms with Gasteiger partial charge < -0.3 is 9.13 Å². The molecule has 3 aromatic rings. The van der Waals surface area contributed by atoms with Crippen molar-refractivity contribution in [3.05, 3.63) is 97.4 Å². The Morgan fingerprint density at radius 3 is 2.68 bits per heavy atom. The van der Waals surface area contributed by atoms with Gasteiger partial charge in [0.2, 0.25) is 0 Å². The molecule has 0 radical (unpaired) electrons. The third-order valence-corrected chi connectivity index (χ3v) is 5.39. The average molecular weight is 438 g/mol. The van der Waals surface area contributed by atoms with Gasteiger partial charge in [-0.05, 0) is 54.4 Å². The van der Waals surface area contributed by atoms with Gasteiger partial charge in [-0.25, -0.2) is 4.85 Å². The molecule has 3 rings (SSSR count). The summed E-state index contributed by atoms with van der Waals surface area (Å²) in [6.45, 7) is 13.4. The van der Waals surface area contributed by atoms with E-state index in [0.717, 1.165) is 21.4 Å². The highest BCUT2D eigenvalue weighted by atomic mass is 79.9. The normalized spacial score (nSPS) is 11.8. The molecule has 1 atom stereocenters. The number of nitrogens with zero attached hydrogens (tertiary/aromatic N) is 3. The number of hydrogen-bond donors (Lipinski definition) is 0. The number of rotatable bonds is 5. The van der Waals surface area contributed by atoms with Crippen LogP contribution in [0.3, 0.4) is 0 Å². The number of benzene rings is 1. The summed E-state index contributed by atoms with van der Waals surface area (Å²) in [5.41, 5.74) is 3.81. The zero-order valence-corrected chi connectivity index (χ0v) is 17.5. The minimum atomic E-state index is -0.607. The zero-order chi connectivity index (χ0) is 20.4. The Labute approximate surface area is 172 Å². The van der Waals surface area contributed by atoms with Crippen LogP contribution in [0, 0.1) is 20.4 Å². The molecule has 0 amide bonds. The average Bonchev–Trinajstić information content (AvgIpc) is 2.97. The largest absolute Gasteiger partial charge is 0.344 e. The Hall–Kier alpha value is -2.91. The summed E-state index contributed by atoms with van der Waals surface area (Å²) in [5.74, 6) is -0.102. The van der Waals surface area contributed by atoms with E-state index in [-0.39, 0.29) is 11.3 Å². The number of Topliss-reactive ketones (excluding diaryl/α,β-unsaturated/α-hetero) is 1. The first-order valence-corrected chi connectivity index (χ1v) is 9.66. The molecule has 1 unspecified atom stereocenters. The van der Waals surface area contributed by atoms with Crippen LogP contribution in [0.5, 0.6) is 0 Å². The van der Waals surface area contributed by atoms with Gasteiger partial charge in [-0.1, -0.05) is 24.3 Å². The van der Waals surface area contributed by atoms with Crippen LogP contribution in [0.1, 0.15) is 40.3 Å². The van der Waals surface area contributed by atoms with E-state index in [0.29, 0.717) is 17.8 Å². The molecule has 28 heavy (non-hydrogen) atoms. The number of carbonyl (C=O) groups excluding carboxylic acids is 1. The quantitative estimate of drug-likeness (QED) is 0.413. The van der Waals surface area contributed by atoms with Gasteiger partial charge in [0, 0.05) is 40.2 Å². The Kier molecular flexibility index (Phi) is 5.66. The maximum atomic E-state index is 13.1. The fourth-order valence-corrected chi connectivity index (χ4v) is 3.68. The minimum Gasteiger partial charge on any atom is -0.344 e. The molecular formula is C22H20BrN3O2. The second-order valence-corrected chi connectivity index (χ2v) is 7.70. The van der Waals surface area contributed by atoms with Crippen LogP contribution in [0.2, 0.25) is 0 Å². The summed E-state index contributed by atoms with van der Waals surface area (Å²) in [6.07, 6.45) is 1.64. The van der Waals surface area contributed by atoms with Crippen molar-refractivity contribution in [2.24, 2.45) is 0 Å². The van der Waals surface area contributed by atoms with Crippen LogP contribution in [0.25, 0.3) is 4.85 Å². The Morgan fingerprint density at radius 1 is 1.21 bits per heavy atom. The molecule has 1 aromatic carbocycles. The Bertz CT molecular complexity index is 1150. The molecule has 2 heterocycles. The number of aryl methyl sites for hydroxylation is 1. The second kappa shape index (κ2) is 7.99. The van der Waals surface area contributed by atoms with E-state index < -0.39 is 6.04 Å². The van der Waals surface area contributed by atoms with Gasteiger partial charge in [-0.2, -0.15) is 0 Å². The molecule has 0 saturated heterocycles. The van der Waals surface area contributed by atoms with Gasteiger partial charge in [0.05, 0.1) is 12.6 Å². The van der Waals surface area contributed by atoms with Gasteiger partial charge in [0.1, 0.15) is 0 Å². The molecule has 0 aliphatic rings. The third-order valence-electron chi connectivity index (χ3n) is 4.92. The molecule has 142 valence electrons. The summed E-state index contributed by atoms with van der Waals surface area (Å²) >= 11 is 3.35. The molecule has 6 heteroatoms. The van der Waals surface area contributed by atoms with Gasteiger partial charge in [-0.15, -0.1) is 0 Å². The van der Waals surface area contributed by atoms with E-state index in [1.54, 1.807) is 25.3 Å². The standard InChI is InChI=1S/C22H20BrN3O2/c1-14-10-20(22(28)16(3)26-13-18(23)8-9-21(26)27)15(2)25(14)12-17-6-5-7-19(11-17)24-4/h5-11,13,16H,12H2,1-3H3. The van der Waals surface area contributed by atoms with Crippen molar-refractivity contribution in [2.75, 3.05) is 0 Å². The number of pyridine rings is 1. The lowest BCUT2D eigenvalue weighted by atomic mass is 10.1. The van der Waals surface area contributed by atoms with E-state index in [1.165, 1.54) is 10.6 Å². The van der Waals surface area contributed by atoms with Gasteiger partial charge >= 0.3 is 0 Å². The molecule has 0 aliphatic carbocycles. The molecular weight excluding hydrogens is 418 g/mol. The summed E-state index contributed by atoms with van der Waals surface area (Å²) in [5, 5.41) is 0. The minimum absolute atomic E-state index is 0.102. The van der Waals surface area contributed by atoms with Crippen LogP contribution in [-0.2, 0) is 6.54 Å². The summed E-state index contributed by atoms with van der Waals surface area (Å²) < 4.78 is 4.25. The van der Waals surface area contributed by atoms with Crippen LogP contribution in [0.4, 0.5) is 5.69 Å². The highest BCUT2D eigenvalue weighted by Crippen LogP contribution is 2.23. The van der Waals surface area contributed by atoms with Crippen LogP contribution < -0.4 is 5.56 Å². The Balaban J connectivity index is 1.94. The van der Waals surface area contributed by atoms with Crippen molar-refractivity contribution in [3.8, 4) is 0 Å². The fourth-order valence-electron chi connectivity index (χ4n) is 3.33. The van der Waals surface area contributed by atoms with Crippen molar-refractivity contribution in [2.45, 2.75) is 33.4 Å². The van der Waals surface area contributed by atoms with E-state index in [4.69, 9.17) is 6.57 Å². The van der Waals surface area contributed by atoms with Crippen molar-refractivity contribution < 1.29 is 4.79 Å². The van der Waals surface area contributed by atoms with E-state index >= 15 is 0 Å². The van der Waals surface area contributed by atoms with Crippen molar-refractivity contribution in [3.63, 3.8) is 0 Å². The SMILES string of the molecule is [C-]#[N+]c1cccc(Cn2c(C)cc(C(=O)C(C)n3cc(Br)ccc3=O)c2C)c1.